The molecule has 4 rings (SSSR count). The zero-order valence-electron chi connectivity index (χ0n) is 16.6. The summed E-state index contributed by atoms with van der Waals surface area (Å²) < 4.78 is 6.62. The Labute approximate surface area is 183 Å². The highest BCUT2D eigenvalue weighted by molar-refractivity contribution is 7.22. The van der Waals surface area contributed by atoms with Crippen LogP contribution < -0.4 is 9.64 Å². The van der Waals surface area contributed by atoms with E-state index in [1.807, 2.05) is 50.2 Å². The molecule has 4 aromatic rings. The van der Waals surface area contributed by atoms with Crippen molar-refractivity contribution in [2.75, 3.05) is 4.90 Å². The topological polar surface area (TPSA) is 55.3 Å². The number of ether oxygens (including phenoxy) is 1. The number of aromatic nitrogens is 2. The van der Waals surface area contributed by atoms with Crippen LogP contribution in [0.5, 0.6) is 5.75 Å². The first-order chi connectivity index (χ1) is 14.5. The minimum atomic E-state index is -0.148. The lowest BCUT2D eigenvalue weighted by atomic mass is 10.1. The van der Waals surface area contributed by atoms with Crippen LogP contribution in [0.4, 0.5) is 5.13 Å². The van der Waals surface area contributed by atoms with Gasteiger partial charge in [0.2, 0.25) is 0 Å². The summed E-state index contributed by atoms with van der Waals surface area (Å²) in [6, 6.07) is 16.6. The average molecular weight is 438 g/mol. The van der Waals surface area contributed by atoms with Crippen molar-refractivity contribution in [2.45, 2.75) is 26.5 Å². The molecule has 0 unspecified atom stereocenters. The van der Waals surface area contributed by atoms with E-state index in [9.17, 15) is 4.79 Å². The van der Waals surface area contributed by atoms with E-state index in [1.54, 1.807) is 35.5 Å². The maximum atomic E-state index is 13.4. The predicted molar refractivity (Wildman–Crippen MR) is 122 cm³/mol. The summed E-state index contributed by atoms with van der Waals surface area (Å²) in [6.45, 7) is 4.29. The number of hydrogen-bond acceptors (Lipinski definition) is 5. The number of anilines is 1. The number of amides is 1. The smallest absolute Gasteiger partial charge is 0.260 e. The fourth-order valence-corrected chi connectivity index (χ4v) is 4.29. The number of nitrogens with zero attached hydrogens (tertiary/aromatic N) is 3. The Kier molecular flexibility index (Phi) is 5.97. The molecule has 0 aliphatic rings. The van der Waals surface area contributed by atoms with Gasteiger partial charge in [0.1, 0.15) is 11.3 Å². The first kappa shape index (κ1) is 20.3. The Morgan fingerprint density at radius 3 is 2.60 bits per heavy atom. The number of benzene rings is 2. The molecule has 1 amide bonds. The number of halogens is 1. The van der Waals surface area contributed by atoms with Gasteiger partial charge in [0, 0.05) is 18.0 Å². The van der Waals surface area contributed by atoms with Crippen molar-refractivity contribution in [1.82, 2.24) is 9.97 Å². The Morgan fingerprint density at radius 2 is 1.93 bits per heavy atom. The van der Waals surface area contributed by atoms with E-state index in [0.717, 1.165) is 16.0 Å². The van der Waals surface area contributed by atoms with Gasteiger partial charge in [-0.3, -0.25) is 14.7 Å². The highest BCUT2D eigenvalue weighted by Gasteiger charge is 2.22. The monoisotopic (exact) mass is 437 g/mol. The summed E-state index contributed by atoms with van der Waals surface area (Å²) in [5.41, 5.74) is 2.17. The molecule has 0 saturated carbocycles. The number of carbonyl (C=O) groups is 1. The Balaban J connectivity index is 1.70. The summed E-state index contributed by atoms with van der Waals surface area (Å²) in [5.74, 6) is 0.581. The van der Waals surface area contributed by atoms with Gasteiger partial charge >= 0.3 is 0 Å². The van der Waals surface area contributed by atoms with Crippen LogP contribution in [0.15, 0.2) is 67.0 Å². The molecule has 5 nitrogen and oxygen atoms in total. The molecule has 0 spiro atoms. The van der Waals surface area contributed by atoms with Crippen LogP contribution in [0.3, 0.4) is 0 Å². The van der Waals surface area contributed by atoms with Gasteiger partial charge in [0.15, 0.2) is 5.13 Å². The molecule has 0 aliphatic heterocycles. The van der Waals surface area contributed by atoms with E-state index < -0.39 is 0 Å². The molecule has 7 heteroatoms. The Bertz CT molecular complexity index is 1160. The Morgan fingerprint density at radius 1 is 1.13 bits per heavy atom. The molecule has 30 heavy (non-hydrogen) atoms. The van der Waals surface area contributed by atoms with E-state index >= 15 is 0 Å². The second-order valence-corrected chi connectivity index (χ2v) is 8.44. The number of hydrogen-bond donors (Lipinski definition) is 0. The molecule has 0 atom stereocenters. The van der Waals surface area contributed by atoms with Crippen molar-refractivity contribution in [1.29, 1.82) is 0 Å². The third kappa shape index (κ3) is 4.45. The quantitative estimate of drug-likeness (QED) is 0.372. The molecule has 2 heterocycles. The molecule has 0 fully saturated rings. The summed E-state index contributed by atoms with van der Waals surface area (Å²) in [7, 11) is 0. The van der Waals surface area contributed by atoms with Gasteiger partial charge in [-0.15, -0.1) is 0 Å². The van der Waals surface area contributed by atoms with Gasteiger partial charge in [-0.2, -0.15) is 0 Å². The number of para-hydroxylation sites is 1. The van der Waals surface area contributed by atoms with Gasteiger partial charge < -0.3 is 4.74 Å². The van der Waals surface area contributed by atoms with E-state index in [4.69, 9.17) is 16.3 Å². The lowest BCUT2D eigenvalue weighted by molar-refractivity contribution is 0.0985. The van der Waals surface area contributed by atoms with Crippen LogP contribution in [0.1, 0.15) is 29.8 Å². The molecule has 2 aromatic carbocycles. The number of pyridine rings is 1. The maximum absolute atomic E-state index is 13.4. The molecule has 2 aromatic heterocycles. The molecular formula is C23H20ClN3O2S. The van der Waals surface area contributed by atoms with Crippen molar-refractivity contribution in [2.24, 2.45) is 0 Å². The first-order valence-corrected chi connectivity index (χ1v) is 10.7. The number of thiazole rings is 1. The van der Waals surface area contributed by atoms with Gasteiger partial charge in [-0.25, -0.2) is 4.98 Å². The summed E-state index contributed by atoms with van der Waals surface area (Å²) in [6.07, 6.45) is 3.53. The predicted octanol–water partition coefficient (Wildman–Crippen LogP) is 5.98. The third-order valence-electron chi connectivity index (χ3n) is 4.37. The second-order valence-electron chi connectivity index (χ2n) is 7.03. The minimum Gasteiger partial charge on any atom is -0.491 e. The van der Waals surface area contributed by atoms with Gasteiger partial charge in [0.05, 0.1) is 22.4 Å². The summed E-state index contributed by atoms with van der Waals surface area (Å²) in [4.78, 5) is 23.9. The normalized spacial score (nSPS) is 11.1. The van der Waals surface area contributed by atoms with Gasteiger partial charge in [-0.05, 0) is 61.9 Å². The summed E-state index contributed by atoms with van der Waals surface area (Å²) in [5, 5.41) is 1.16. The fraction of sp³-hybridized carbons (Fsp3) is 0.174. The fourth-order valence-electron chi connectivity index (χ4n) is 3.02. The zero-order valence-corrected chi connectivity index (χ0v) is 18.2. The van der Waals surface area contributed by atoms with E-state index in [2.05, 4.69) is 9.97 Å². The second kappa shape index (κ2) is 8.81. The third-order valence-corrected chi connectivity index (χ3v) is 5.72. The van der Waals surface area contributed by atoms with Crippen LogP contribution in [0, 0.1) is 0 Å². The van der Waals surface area contributed by atoms with Gasteiger partial charge in [0.25, 0.3) is 5.91 Å². The van der Waals surface area contributed by atoms with Crippen LogP contribution in [0.25, 0.3) is 10.2 Å². The molecule has 0 N–H and O–H groups in total. The van der Waals surface area contributed by atoms with Crippen LogP contribution >= 0.6 is 22.9 Å². The van der Waals surface area contributed by atoms with E-state index in [1.165, 1.54) is 11.3 Å². The highest BCUT2D eigenvalue weighted by Crippen LogP contribution is 2.34. The molecule has 0 bridgehead atoms. The molecule has 0 aliphatic carbocycles. The lowest BCUT2D eigenvalue weighted by Gasteiger charge is -2.20. The standard InChI is InChI=1S/C23H20ClN3O2S/c1-15(2)29-18-10-8-17(9-11-18)22(28)27(14-16-5-4-12-25-13-16)23-26-21-19(24)6-3-7-20(21)30-23/h3-13,15H,14H2,1-2H3. The first-order valence-electron chi connectivity index (χ1n) is 9.54. The average Bonchev–Trinajstić information content (AvgIpc) is 3.18. The van der Waals surface area contributed by atoms with Crippen LogP contribution in [-0.4, -0.2) is 22.0 Å². The SMILES string of the molecule is CC(C)Oc1ccc(C(=O)N(Cc2cccnc2)c2nc3c(Cl)cccc3s2)cc1. The van der Waals surface area contributed by atoms with Crippen molar-refractivity contribution in [3.8, 4) is 5.75 Å². The molecular weight excluding hydrogens is 418 g/mol. The van der Waals surface area contributed by atoms with Crippen LogP contribution in [-0.2, 0) is 6.54 Å². The number of rotatable bonds is 6. The highest BCUT2D eigenvalue weighted by atomic mass is 35.5. The zero-order chi connectivity index (χ0) is 21.1. The number of carbonyl (C=O) groups excluding carboxylic acids is 1. The lowest BCUT2D eigenvalue weighted by Crippen LogP contribution is -2.30. The molecule has 0 saturated heterocycles. The Hall–Kier alpha value is -2.96. The van der Waals surface area contributed by atoms with E-state index in [0.29, 0.717) is 27.8 Å². The largest absolute Gasteiger partial charge is 0.491 e. The van der Waals surface area contributed by atoms with E-state index in [-0.39, 0.29) is 12.0 Å². The van der Waals surface area contributed by atoms with Crippen LogP contribution in [0.2, 0.25) is 5.02 Å². The molecule has 0 radical (unpaired) electrons. The minimum absolute atomic E-state index is 0.0705. The van der Waals surface area contributed by atoms with Gasteiger partial charge in [-0.1, -0.05) is 35.1 Å². The molecule has 152 valence electrons. The van der Waals surface area contributed by atoms with Crippen molar-refractivity contribution >= 4 is 44.2 Å². The number of fused-ring (bicyclic) bond motifs is 1. The van der Waals surface area contributed by atoms with Crippen molar-refractivity contribution < 1.29 is 9.53 Å². The van der Waals surface area contributed by atoms with Crippen molar-refractivity contribution in [3.63, 3.8) is 0 Å². The maximum Gasteiger partial charge on any atom is 0.260 e. The summed E-state index contributed by atoms with van der Waals surface area (Å²) >= 11 is 7.75. The van der Waals surface area contributed by atoms with Crippen molar-refractivity contribution in [3.05, 3.63) is 83.1 Å².